The normalized spacial score (nSPS) is 18.0. The van der Waals surface area contributed by atoms with Crippen LogP contribution in [0, 0.1) is 6.92 Å². The van der Waals surface area contributed by atoms with Gasteiger partial charge in [-0.1, -0.05) is 43.4 Å². The van der Waals surface area contributed by atoms with E-state index >= 15 is 0 Å². The van der Waals surface area contributed by atoms with Gasteiger partial charge in [0.15, 0.2) is 0 Å². The van der Waals surface area contributed by atoms with Crippen molar-refractivity contribution in [3.8, 4) is 0 Å². The van der Waals surface area contributed by atoms with Crippen molar-refractivity contribution >= 4 is 11.6 Å². The molecule has 0 heterocycles. The molecule has 0 aromatic heterocycles. The Morgan fingerprint density at radius 3 is 2.38 bits per heavy atom. The lowest BCUT2D eigenvalue weighted by Gasteiger charge is -2.26. The summed E-state index contributed by atoms with van der Waals surface area (Å²) in [5.74, 6) is -0.0731. The predicted molar refractivity (Wildman–Crippen MR) is 85.3 cm³/mol. The molecular formula is C17H26N2O2. The number of rotatable bonds is 5. The van der Waals surface area contributed by atoms with Gasteiger partial charge in [0.1, 0.15) is 0 Å². The van der Waals surface area contributed by atoms with Crippen LogP contribution in [-0.4, -0.2) is 29.7 Å². The first-order chi connectivity index (χ1) is 10.1. The molecule has 0 spiro atoms. The molecule has 4 heteroatoms. The zero-order chi connectivity index (χ0) is 15.1. The molecule has 116 valence electrons. The Labute approximate surface area is 126 Å². The second-order valence-electron chi connectivity index (χ2n) is 6.16. The maximum Gasteiger partial charge on any atom is 0.238 e. The van der Waals surface area contributed by atoms with Crippen LogP contribution in [0.1, 0.15) is 44.1 Å². The second-order valence-corrected chi connectivity index (χ2v) is 6.16. The van der Waals surface area contributed by atoms with Gasteiger partial charge in [-0.15, -0.1) is 0 Å². The first-order valence-corrected chi connectivity index (χ1v) is 7.87. The highest BCUT2D eigenvalue weighted by molar-refractivity contribution is 5.92. The molecule has 0 atom stereocenters. The van der Waals surface area contributed by atoms with Gasteiger partial charge in [-0.3, -0.25) is 4.79 Å². The number of aliphatic hydroxyl groups is 1. The molecule has 0 saturated heterocycles. The molecule has 1 fully saturated rings. The van der Waals surface area contributed by atoms with Crippen molar-refractivity contribution in [3.63, 3.8) is 0 Å². The number of amides is 1. The van der Waals surface area contributed by atoms with Gasteiger partial charge < -0.3 is 15.7 Å². The van der Waals surface area contributed by atoms with Crippen molar-refractivity contribution in [2.45, 2.75) is 51.0 Å². The van der Waals surface area contributed by atoms with Crippen LogP contribution in [0.4, 0.5) is 5.69 Å². The average Bonchev–Trinajstić information content (AvgIpc) is 2.66. The van der Waals surface area contributed by atoms with Crippen LogP contribution in [0.2, 0.25) is 0 Å². The molecule has 2 rings (SSSR count). The minimum Gasteiger partial charge on any atom is -0.389 e. The summed E-state index contributed by atoms with van der Waals surface area (Å²) in [4.78, 5) is 11.9. The minimum absolute atomic E-state index is 0.0731. The summed E-state index contributed by atoms with van der Waals surface area (Å²) >= 11 is 0. The van der Waals surface area contributed by atoms with Gasteiger partial charge in [-0.2, -0.15) is 0 Å². The Hall–Kier alpha value is -1.39. The molecule has 0 unspecified atom stereocenters. The minimum atomic E-state index is -0.638. The van der Waals surface area contributed by atoms with Crippen molar-refractivity contribution in [2.24, 2.45) is 0 Å². The maximum atomic E-state index is 11.9. The zero-order valence-electron chi connectivity index (χ0n) is 12.8. The summed E-state index contributed by atoms with van der Waals surface area (Å²) in [6.07, 6.45) is 6.23. The first-order valence-electron chi connectivity index (χ1n) is 7.87. The second kappa shape index (κ2) is 7.57. The number of hydrogen-bond donors (Lipinski definition) is 3. The fraction of sp³-hybridized carbons (Fsp3) is 0.588. The molecule has 1 saturated carbocycles. The molecule has 1 aromatic rings. The molecular weight excluding hydrogens is 264 g/mol. The van der Waals surface area contributed by atoms with Crippen LogP contribution in [0.15, 0.2) is 24.3 Å². The molecule has 21 heavy (non-hydrogen) atoms. The number of aryl methyl sites for hydroxylation is 1. The molecule has 1 aliphatic rings. The predicted octanol–water partition coefficient (Wildman–Crippen LogP) is 2.61. The summed E-state index contributed by atoms with van der Waals surface area (Å²) in [5.41, 5.74) is 1.34. The Morgan fingerprint density at radius 1 is 1.14 bits per heavy atom. The van der Waals surface area contributed by atoms with Crippen LogP contribution in [0.3, 0.4) is 0 Å². The highest BCUT2D eigenvalue weighted by Crippen LogP contribution is 2.26. The molecule has 1 aromatic carbocycles. The lowest BCUT2D eigenvalue weighted by atomic mass is 9.94. The van der Waals surface area contributed by atoms with E-state index in [-0.39, 0.29) is 12.5 Å². The van der Waals surface area contributed by atoms with E-state index in [0.29, 0.717) is 6.54 Å². The van der Waals surface area contributed by atoms with Crippen LogP contribution in [0.5, 0.6) is 0 Å². The van der Waals surface area contributed by atoms with Crippen molar-refractivity contribution < 1.29 is 9.90 Å². The van der Waals surface area contributed by atoms with E-state index in [1.807, 2.05) is 31.2 Å². The van der Waals surface area contributed by atoms with Crippen LogP contribution >= 0.6 is 0 Å². The Balaban J connectivity index is 1.72. The fourth-order valence-corrected chi connectivity index (χ4v) is 2.81. The third kappa shape index (κ3) is 5.48. The van der Waals surface area contributed by atoms with E-state index in [1.54, 1.807) is 0 Å². The molecule has 4 nitrogen and oxygen atoms in total. The van der Waals surface area contributed by atoms with Crippen molar-refractivity contribution in [1.82, 2.24) is 5.32 Å². The number of hydrogen-bond acceptors (Lipinski definition) is 3. The van der Waals surface area contributed by atoms with Gasteiger partial charge in [-0.05, 0) is 31.9 Å². The summed E-state index contributed by atoms with van der Waals surface area (Å²) in [7, 11) is 0. The van der Waals surface area contributed by atoms with Gasteiger partial charge >= 0.3 is 0 Å². The summed E-state index contributed by atoms with van der Waals surface area (Å²) < 4.78 is 0. The fourth-order valence-electron chi connectivity index (χ4n) is 2.81. The number of nitrogens with one attached hydrogen (secondary N) is 2. The van der Waals surface area contributed by atoms with E-state index in [2.05, 4.69) is 10.6 Å². The monoisotopic (exact) mass is 290 g/mol. The van der Waals surface area contributed by atoms with Crippen LogP contribution in [-0.2, 0) is 4.79 Å². The molecule has 0 radical (unpaired) electrons. The summed E-state index contributed by atoms with van der Waals surface area (Å²) in [5, 5.41) is 16.4. The molecule has 1 amide bonds. The number of benzene rings is 1. The van der Waals surface area contributed by atoms with Crippen molar-refractivity contribution in [1.29, 1.82) is 0 Å². The highest BCUT2D eigenvalue weighted by Gasteiger charge is 2.27. The van der Waals surface area contributed by atoms with Gasteiger partial charge in [0.2, 0.25) is 5.91 Å². The zero-order valence-corrected chi connectivity index (χ0v) is 12.8. The molecule has 3 N–H and O–H groups in total. The van der Waals surface area contributed by atoms with Crippen LogP contribution < -0.4 is 10.6 Å². The Bertz CT molecular complexity index is 448. The van der Waals surface area contributed by atoms with Crippen LogP contribution in [0.25, 0.3) is 0 Å². The third-order valence-corrected chi connectivity index (χ3v) is 4.11. The third-order valence-electron chi connectivity index (χ3n) is 4.11. The van der Waals surface area contributed by atoms with Crippen molar-refractivity contribution in [3.05, 3.63) is 29.8 Å². The lowest BCUT2D eigenvalue weighted by Crippen LogP contribution is -2.42. The van der Waals surface area contributed by atoms with Crippen molar-refractivity contribution in [2.75, 3.05) is 18.4 Å². The SMILES string of the molecule is Cc1ccc(NC(=O)CNCC2(O)CCCCCC2)cc1. The van der Waals surface area contributed by atoms with Gasteiger partial charge in [-0.25, -0.2) is 0 Å². The van der Waals surface area contributed by atoms with Gasteiger partial charge in [0.05, 0.1) is 12.1 Å². The quantitative estimate of drug-likeness (QED) is 0.731. The number of anilines is 1. The highest BCUT2D eigenvalue weighted by atomic mass is 16.3. The topological polar surface area (TPSA) is 61.4 Å². The standard InChI is InChI=1S/C17H26N2O2/c1-14-6-8-15(9-7-14)19-16(20)12-18-13-17(21)10-4-2-3-5-11-17/h6-9,18,21H,2-5,10-13H2,1H3,(H,19,20). The largest absolute Gasteiger partial charge is 0.389 e. The van der Waals surface area contributed by atoms with E-state index in [1.165, 1.54) is 18.4 Å². The van der Waals surface area contributed by atoms with E-state index in [0.717, 1.165) is 31.4 Å². The summed E-state index contributed by atoms with van der Waals surface area (Å²) in [6.45, 7) is 2.74. The molecule has 0 aliphatic heterocycles. The number of carbonyl (C=O) groups is 1. The first kappa shape index (κ1) is 16.0. The maximum absolute atomic E-state index is 11.9. The molecule has 0 bridgehead atoms. The van der Waals surface area contributed by atoms with E-state index < -0.39 is 5.60 Å². The van der Waals surface area contributed by atoms with E-state index in [9.17, 15) is 9.90 Å². The average molecular weight is 290 g/mol. The lowest BCUT2D eigenvalue weighted by molar-refractivity contribution is -0.115. The summed E-state index contributed by atoms with van der Waals surface area (Å²) in [6, 6.07) is 7.73. The van der Waals surface area contributed by atoms with Gasteiger partial charge in [0, 0.05) is 12.2 Å². The Kier molecular flexibility index (Phi) is 5.76. The van der Waals surface area contributed by atoms with E-state index in [4.69, 9.17) is 0 Å². The smallest absolute Gasteiger partial charge is 0.238 e. The molecule has 1 aliphatic carbocycles. The Morgan fingerprint density at radius 2 is 1.76 bits per heavy atom. The number of carbonyl (C=O) groups excluding carboxylic acids is 1. The van der Waals surface area contributed by atoms with Gasteiger partial charge in [0.25, 0.3) is 0 Å².